The van der Waals surface area contributed by atoms with Crippen molar-refractivity contribution >= 4 is 0 Å². The van der Waals surface area contributed by atoms with Gasteiger partial charge in [-0.2, -0.15) is 0 Å². The van der Waals surface area contributed by atoms with E-state index >= 15 is 0 Å². The molecular weight excluding hydrogens is 168 g/mol. The number of hydrogen-bond acceptors (Lipinski definition) is 3. The molecule has 0 bridgehead atoms. The first kappa shape index (κ1) is 10.7. The molecule has 0 spiro atoms. The lowest BCUT2D eigenvalue weighted by molar-refractivity contribution is -0.0478. The van der Waals surface area contributed by atoms with Gasteiger partial charge in [-0.3, -0.25) is 0 Å². The van der Waals surface area contributed by atoms with E-state index in [1.807, 2.05) is 6.08 Å². The van der Waals surface area contributed by atoms with Gasteiger partial charge < -0.3 is 14.6 Å². The minimum absolute atomic E-state index is 0.0434. The molecule has 1 aliphatic heterocycles. The second-order valence-corrected chi connectivity index (χ2v) is 3.11. The molecule has 1 heterocycles. The van der Waals surface area contributed by atoms with Crippen LogP contribution in [-0.4, -0.2) is 31.2 Å². The zero-order valence-electron chi connectivity index (χ0n) is 7.95. The maximum atomic E-state index is 8.47. The van der Waals surface area contributed by atoms with E-state index in [0.29, 0.717) is 0 Å². The van der Waals surface area contributed by atoms with Crippen molar-refractivity contribution in [2.24, 2.45) is 0 Å². The molecule has 13 heavy (non-hydrogen) atoms. The maximum absolute atomic E-state index is 8.47. The number of aliphatic hydroxyl groups is 1. The first-order valence-electron chi connectivity index (χ1n) is 4.92. The third-order valence-electron chi connectivity index (χ3n) is 2.02. The molecule has 0 atom stereocenters. The Morgan fingerprint density at radius 1 is 1.15 bits per heavy atom. The number of unbranched alkanes of at least 4 members (excludes halogenated alkanes) is 2. The van der Waals surface area contributed by atoms with E-state index < -0.39 is 0 Å². The van der Waals surface area contributed by atoms with E-state index in [9.17, 15) is 0 Å². The van der Waals surface area contributed by atoms with Gasteiger partial charge in [0, 0.05) is 0 Å². The van der Waals surface area contributed by atoms with Crippen molar-refractivity contribution < 1.29 is 14.6 Å². The Hall–Kier alpha value is -0.380. The van der Waals surface area contributed by atoms with E-state index in [-0.39, 0.29) is 12.9 Å². The van der Waals surface area contributed by atoms with Crippen LogP contribution in [0.1, 0.15) is 25.7 Å². The van der Waals surface area contributed by atoms with Crippen LogP contribution in [0.2, 0.25) is 0 Å². The number of hydrogen-bond donors (Lipinski definition) is 1. The Kier molecular flexibility index (Phi) is 5.81. The van der Waals surface area contributed by atoms with Crippen LogP contribution in [0.3, 0.4) is 0 Å². The Labute approximate surface area is 79.3 Å². The molecule has 0 aromatic rings. The lowest BCUT2D eigenvalue weighted by Gasteiger charge is -2.06. The molecule has 0 aliphatic carbocycles. The van der Waals surface area contributed by atoms with Gasteiger partial charge in [-0.25, -0.2) is 0 Å². The van der Waals surface area contributed by atoms with E-state index in [2.05, 4.69) is 0 Å². The average molecular weight is 186 g/mol. The summed E-state index contributed by atoms with van der Waals surface area (Å²) in [5.74, 6) is 0. The SMILES string of the molecule is OC/C=C/CCCCC1OCCO1. The monoisotopic (exact) mass is 186 g/mol. The molecule has 0 saturated carbocycles. The summed E-state index contributed by atoms with van der Waals surface area (Å²) in [5, 5.41) is 8.47. The van der Waals surface area contributed by atoms with Gasteiger partial charge in [0.05, 0.1) is 19.8 Å². The third-order valence-corrected chi connectivity index (χ3v) is 2.02. The van der Waals surface area contributed by atoms with Crippen LogP contribution in [-0.2, 0) is 9.47 Å². The summed E-state index contributed by atoms with van der Waals surface area (Å²) in [5.41, 5.74) is 0. The topological polar surface area (TPSA) is 38.7 Å². The van der Waals surface area contributed by atoms with Crippen molar-refractivity contribution in [1.29, 1.82) is 0 Å². The smallest absolute Gasteiger partial charge is 0.157 e. The normalized spacial score (nSPS) is 18.8. The third kappa shape index (κ3) is 5.03. The first-order chi connectivity index (χ1) is 6.43. The van der Waals surface area contributed by atoms with Crippen LogP contribution >= 0.6 is 0 Å². The summed E-state index contributed by atoms with van der Waals surface area (Å²) < 4.78 is 10.6. The van der Waals surface area contributed by atoms with E-state index in [0.717, 1.165) is 38.9 Å². The van der Waals surface area contributed by atoms with Crippen LogP contribution in [0.4, 0.5) is 0 Å². The lowest BCUT2D eigenvalue weighted by atomic mass is 10.2. The van der Waals surface area contributed by atoms with E-state index in [4.69, 9.17) is 14.6 Å². The van der Waals surface area contributed by atoms with Gasteiger partial charge in [0.25, 0.3) is 0 Å². The van der Waals surface area contributed by atoms with Crippen molar-refractivity contribution in [3.63, 3.8) is 0 Å². The van der Waals surface area contributed by atoms with Gasteiger partial charge in [0.15, 0.2) is 6.29 Å². The second kappa shape index (κ2) is 7.06. The van der Waals surface area contributed by atoms with Crippen molar-refractivity contribution in [3.05, 3.63) is 12.2 Å². The van der Waals surface area contributed by atoms with Crippen LogP contribution in [0, 0.1) is 0 Å². The summed E-state index contributed by atoms with van der Waals surface area (Å²) in [6.45, 7) is 1.64. The van der Waals surface area contributed by atoms with Gasteiger partial charge in [0.2, 0.25) is 0 Å². The molecule has 76 valence electrons. The maximum Gasteiger partial charge on any atom is 0.157 e. The van der Waals surface area contributed by atoms with Gasteiger partial charge in [-0.1, -0.05) is 12.2 Å². The van der Waals surface area contributed by atoms with Crippen molar-refractivity contribution in [2.45, 2.75) is 32.0 Å². The fraction of sp³-hybridized carbons (Fsp3) is 0.800. The number of rotatable bonds is 6. The highest BCUT2D eigenvalue weighted by Gasteiger charge is 2.14. The van der Waals surface area contributed by atoms with Crippen LogP contribution < -0.4 is 0 Å². The molecule has 0 aromatic heterocycles. The number of aliphatic hydroxyl groups excluding tert-OH is 1. The van der Waals surface area contributed by atoms with Gasteiger partial charge in [-0.15, -0.1) is 0 Å². The minimum Gasteiger partial charge on any atom is -0.392 e. The molecule has 3 heteroatoms. The molecule has 3 nitrogen and oxygen atoms in total. The van der Waals surface area contributed by atoms with Crippen molar-refractivity contribution in [3.8, 4) is 0 Å². The highest BCUT2D eigenvalue weighted by Crippen LogP contribution is 2.12. The van der Waals surface area contributed by atoms with Crippen LogP contribution in [0.15, 0.2) is 12.2 Å². The second-order valence-electron chi connectivity index (χ2n) is 3.11. The molecule has 0 amide bonds. The largest absolute Gasteiger partial charge is 0.392 e. The van der Waals surface area contributed by atoms with Gasteiger partial charge in [-0.05, 0) is 25.7 Å². The Bertz CT molecular complexity index is 139. The highest BCUT2D eigenvalue weighted by molar-refractivity contribution is 4.80. The molecule has 0 unspecified atom stereocenters. The fourth-order valence-electron chi connectivity index (χ4n) is 1.34. The quantitative estimate of drug-likeness (QED) is 0.504. The van der Waals surface area contributed by atoms with Crippen molar-refractivity contribution in [2.75, 3.05) is 19.8 Å². The minimum atomic E-state index is 0.0434. The fourth-order valence-corrected chi connectivity index (χ4v) is 1.34. The average Bonchev–Trinajstić information content (AvgIpc) is 2.63. The molecule has 1 aliphatic rings. The molecule has 0 aromatic carbocycles. The molecule has 1 saturated heterocycles. The predicted molar refractivity (Wildman–Crippen MR) is 50.4 cm³/mol. The molecule has 1 fully saturated rings. The lowest BCUT2D eigenvalue weighted by Crippen LogP contribution is -2.06. The first-order valence-corrected chi connectivity index (χ1v) is 4.92. The van der Waals surface area contributed by atoms with Gasteiger partial charge >= 0.3 is 0 Å². The molecule has 0 radical (unpaired) electrons. The molecular formula is C10H18O3. The van der Waals surface area contributed by atoms with E-state index in [1.165, 1.54) is 0 Å². The molecule has 1 rings (SSSR count). The summed E-state index contributed by atoms with van der Waals surface area (Å²) in [6.07, 6.45) is 8.13. The highest BCUT2D eigenvalue weighted by atomic mass is 16.7. The zero-order valence-corrected chi connectivity index (χ0v) is 7.95. The predicted octanol–water partition coefficient (Wildman–Crippen LogP) is 1.47. The standard InChI is InChI=1S/C10H18O3/c11-7-5-3-1-2-4-6-10-12-8-9-13-10/h3,5,10-11H,1-2,4,6-9H2/b5-3+. The number of ether oxygens (including phenoxy) is 2. The Morgan fingerprint density at radius 2 is 1.92 bits per heavy atom. The summed E-state index contributed by atoms with van der Waals surface area (Å²) >= 11 is 0. The van der Waals surface area contributed by atoms with Crippen molar-refractivity contribution in [1.82, 2.24) is 0 Å². The zero-order chi connectivity index (χ0) is 9.36. The summed E-state index contributed by atoms with van der Waals surface area (Å²) in [7, 11) is 0. The van der Waals surface area contributed by atoms with Crippen LogP contribution in [0.25, 0.3) is 0 Å². The Balaban J connectivity index is 1.86. The van der Waals surface area contributed by atoms with Gasteiger partial charge in [0.1, 0.15) is 0 Å². The van der Waals surface area contributed by atoms with E-state index in [1.54, 1.807) is 6.08 Å². The Morgan fingerprint density at radius 3 is 2.62 bits per heavy atom. The number of allylic oxidation sites excluding steroid dienone is 1. The van der Waals surface area contributed by atoms with Crippen LogP contribution in [0.5, 0.6) is 0 Å². The summed E-state index contributed by atoms with van der Waals surface area (Å²) in [4.78, 5) is 0. The molecule has 1 N–H and O–H groups in total. The summed E-state index contributed by atoms with van der Waals surface area (Å²) in [6, 6.07) is 0.